The summed E-state index contributed by atoms with van der Waals surface area (Å²) in [5.41, 5.74) is 3.94. The highest BCUT2D eigenvalue weighted by Crippen LogP contribution is 2.40. The van der Waals surface area contributed by atoms with Gasteiger partial charge in [-0.3, -0.25) is 9.97 Å². The number of oxazole rings is 1. The van der Waals surface area contributed by atoms with Crippen LogP contribution < -0.4 is 19.5 Å². The zero-order valence-corrected chi connectivity index (χ0v) is 25.6. The van der Waals surface area contributed by atoms with E-state index >= 15 is 0 Å². The van der Waals surface area contributed by atoms with E-state index in [1.165, 1.54) is 0 Å². The molecule has 1 N–H and O–H groups in total. The molecule has 9 heteroatoms. The molecule has 1 unspecified atom stereocenters. The zero-order chi connectivity index (χ0) is 31.8. The van der Waals surface area contributed by atoms with E-state index in [0.717, 1.165) is 56.6 Å². The van der Waals surface area contributed by atoms with E-state index in [-0.39, 0.29) is 0 Å². The highest BCUT2D eigenvalue weighted by molar-refractivity contribution is 5.64. The quantitative estimate of drug-likeness (QED) is 0.189. The first-order valence-electron chi connectivity index (χ1n) is 14.5. The molecule has 9 nitrogen and oxygen atoms in total. The summed E-state index contributed by atoms with van der Waals surface area (Å²) in [4.78, 5) is 12.4. The Balaban J connectivity index is 0.000000172. The van der Waals surface area contributed by atoms with Gasteiger partial charge in [-0.2, -0.15) is 0 Å². The van der Waals surface area contributed by atoms with Gasteiger partial charge in [0, 0.05) is 58.8 Å². The fraction of sp³-hybridized carbons (Fsp3) is 0.108. The van der Waals surface area contributed by atoms with Gasteiger partial charge < -0.3 is 28.7 Å². The van der Waals surface area contributed by atoms with Gasteiger partial charge in [0.2, 0.25) is 11.6 Å². The van der Waals surface area contributed by atoms with Crippen molar-refractivity contribution in [2.75, 3.05) is 21.3 Å². The van der Waals surface area contributed by atoms with Gasteiger partial charge in [0.15, 0.2) is 5.76 Å². The summed E-state index contributed by atoms with van der Waals surface area (Å²) in [6.07, 6.45) is 10.6. The average molecular weight is 613 g/mol. The molecule has 4 heterocycles. The van der Waals surface area contributed by atoms with Crippen molar-refractivity contribution in [1.29, 1.82) is 0 Å². The Kier molecular flexibility index (Phi) is 8.92. The second-order valence-electron chi connectivity index (χ2n) is 10.1. The van der Waals surface area contributed by atoms with Gasteiger partial charge in [-0.1, -0.05) is 0 Å². The molecule has 230 valence electrons. The number of aromatic nitrogens is 3. The van der Waals surface area contributed by atoms with E-state index in [4.69, 9.17) is 23.4 Å². The van der Waals surface area contributed by atoms with E-state index < -0.39 is 5.72 Å². The lowest BCUT2D eigenvalue weighted by Crippen LogP contribution is -2.38. The van der Waals surface area contributed by atoms with Crippen LogP contribution in [0.4, 0.5) is 0 Å². The van der Waals surface area contributed by atoms with Crippen molar-refractivity contribution in [2.45, 2.75) is 5.72 Å². The maximum atomic E-state index is 6.49. The molecule has 0 saturated carbocycles. The predicted molar refractivity (Wildman–Crippen MR) is 175 cm³/mol. The van der Waals surface area contributed by atoms with Crippen molar-refractivity contribution in [1.82, 2.24) is 20.3 Å². The first-order chi connectivity index (χ1) is 22.6. The third kappa shape index (κ3) is 6.39. The van der Waals surface area contributed by atoms with E-state index in [2.05, 4.69) is 20.3 Å². The normalized spacial score (nSPS) is 15.0. The van der Waals surface area contributed by atoms with Crippen LogP contribution in [0.25, 0.3) is 28.5 Å². The molecule has 6 aromatic rings. The van der Waals surface area contributed by atoms with Crippen LogP contribution in [0, 0.1) is 0 Å². The third-order valence-electron chi connectivity index (χ3n) is 7.44. The summed E-state index contributed by atoms with van der Waals surface area (Å²) >= 11 is 0. The van der Waals surface area contributed by atoms with Crippen molar-refractivity contribution in [2.24, 2.45) is 0 Å². The minimum Gasteiger partial charge on any atom is -0.497 e. The van der Waals surface area contributed by atoms with Crippen molar-refractivity contribution in [3.05, 3.63) is 151 Å². The minimum atomic E-state index is -0.829. The van der Waals surface area contributed by atoms with Crippen LogP contribution in [0.3, 0.4) is 0 Å². The van der Waals surface area contributed by atoms with Crippen LogP contribution in [0.2, 0.25) is 0 Å². The second-order valence-corrected chi connectivity index (χ2v) is 10.1. The lowest BCUT2D eigenvalue weighted by Gasteiger charge is -2.31. The number of pyridine rings is 2. The van der Waals surface area contributed by atoms with Crippen LogP contribution in [-0.4, -0.2) is 36.3 Å². The lowest BCUT2D eigenvalue weighted by atomic mass is 9.95. The molecular formula is C37H32N4O5. The van der Waals surface area contributed by atoms with Gasteiger partial charge in [0.25, 0.3) is 0 Å². The number of hydrogen-bond acceptors (Lipinski definition) is 9. The molecule has 1 aliphatic heterocycles. The molecule has 0 spiro atoms. The molecule has 0 amide bonds. The molecule has 46 heavy (non-hydrogen) atoms. The smallest absolute Gasteiger partial charge is 0.233 e. The summed E-state index contributed by atoms with van der Waals surface area (Å²) in [5.74, 6) is 4.49. The summed E-state index contributed by atoms with van der Waals surface area (Å²) in [6, 6.07) is 30.9. The Labute approximate surface area is 267 Å². The van der Waals surface area contributed by atoms with Crippen molar-refractivity contribution >= 4 is 5.76 Å². The summed E-state index contributed by atoms with van der Waals surface area (Å²) in [5, 5.41) is 3.43. The van der Waals surface area contributed by atoms with Crippen molar-refractivity contribution < 1.29 is 23.4 Å². The number of ether oxygens (including phenoxy) is 4. The molecule has 1 aliphatic rings. The van der Waals surface area contributed by atoms with Crippen LogP contribution in [0.1, 0.15) is 16.7 Å². The Morgan fingerprint density at radius 3 is 1.63 bits per heavy atom. The van der Waals surface area contributed by atoms with Gasteiger partial charge in [-0.25, -0.2) is 4.98 Å². The maximum Gasteiger partial charge on any atom is 0.233 e. The van der Waals surface area contributed by atoms with Crippen LogP contribution in [0.5, 0.6) is 17.2 Å². The molecule has 7 rings (SSSR count). The number of hydrogen-bond donors (Lipinski definition) is 1. The first kappa shape index (κ1) is 30.0. The third-order valence-corrected chi connectivity index (χ3v) is 7.44. The molecule has 1 atom stereocenters. The standard InChI is InChI=1S/C22H20N2O3.C15H12N2O2/c1-25-19-7-3-16(4-8-19)21-15-24-22(27-21,18-11-13-23-14-12-18)17-5-9-20(26-2)10-6-17;1-18-13-4-2-12(3-5-13)15-17-10-14(19-15)11-6-8-16-9-7-11/h3-15,24H,1-2H3;2-10H,1H3. The number of benzene rings is 3. The fourth-order valence-electron chi connectivity index (χ4n) is 4.94. The Morgan fingerprint density at radius 1 is 0.565 bits per heavy atom. The number of nitrogens with one attached hydrogen (secondary N) is 1. The van der Waals surface area contributed by atoms with Gasteiger partial charge in [0.05, 0.1) is 27.5 Å². The highest BCUT2D eigenvalue weighted by atomic mass is 16.5. The second kappa shape index (κ2) is 13.7. The van der Waals surface area contributed by atoms with Gasteiger partial charge >= 0.3 is 0 Å². The SMILES string of the molecule is COc1ccc(-c2ncc(-c3ccncc3)o2)cc1.COc1ccc(C2=CNC(c3ccncc3)(c3ccc(OC)cc3)O2)cc1. The predicted octanol–water partition coefficient (Wildman–Crippen LogP) is 7.33. The van der Waals surface area contributed by atoms with Crippen LogP contribution in [0.15, 0.2) is 139 Å². The molecule has 0 aliphatic carbocycles. The molecule has 0 fully saturated rings. The van der Waals surface area contributed by atoms with E-state index in [9.17, 15) is 0 Å². The number of methoxy groups -OCH3 is 3. The highest BCUT2D eigenvalue weighted by Gasteiger charge is 2.40. The largest absolute Gasteiger partial charge is 0.497 e. The lowest BCUT2D eigenvalue weighted by molar-refractivity contribution is 0.0787. The molecule has 0 radical (unpaired) electrons. The van der Waals surface area contributed by atoms with E-state index in [1.54, 1.807) is 52.3 Å². The monoisotopic (exact) mass is 612 g/mol. The van der Waals surface area contributed by atoms with Gasteiger partial charge in [-0.15, -0.1) is 0 Å². The fourth-order valence-corrected chi connectivity index (χ4v) is 4.94. The molecular weight excluding hydrogens is 580 g/mol. The van der Waals surface area contributed by atoms with Crippen molar-refractivity contribution in [3.8, 4) is 40.0 Å². The van der Waals surface area contributed by atoms with Gasteiger partial charge in [-0.05, 0) is 97.1 Å². The Morgan fingerprint density at radius 2 is 1.07 bits per heavy atom. The molecule has 3 aromatic carbocycles. The van der Waals surface area contributed by atoms with Crippen LogP contribution >= 0.6 is 0 Å². The number of rotatable bonds is 8. The summed E-state index contributed by atoms with van der Waals surface area (Å²) in [7, 11) is 4.95. The van der Waals surface area contributed by atoms with Crippen LogP contribution in [-0.2, 0) is 10.5 Å². The first-order valence-corrected chi connectivity index (χ1v) is 14.5. The average Bonchev–Trinajstić information content (AvgIpc) is 3.83. The Bertz CT molecular complexity index is 1880. The zero-order valence-electron chi connectivity index (χ0n) is 25.6. The minimum absolute atomic E-state index is 0.592. The van der Waals surface area contributed by atoms with E-state index in [0.29, 0.717) is 5.89 Å². The summed E-state index contributed by atoms with van der Waals surface area (Å²) < 4.78 is 27.9. The number of nitrogens with zero attached hydrogens (tertiary/aromatic N) is 3. The summed E-state index contributed by atoms with van der Waals surface area (Å²) in [6.45, 7) is 0. The van der Waals surface area contributed by atoms with Gasteiger partial charge in [0.1, 0.15) is 23.0 Å². The van der Waals surface area contributed by atoms with E-state index in [1.807, 2.05) is 103 Å². The Hall–Kier alpha value is -6.09. The van der Waals surface area contributed by atoms with Crippen molar-refractivity contribution in [3.63, 3.8) is 0 Å². The maximum absolute atomic E-state index is 6.49. The topological polar surface area (TPSA) is 101 Å². The molecule has 0 bridgehead atoms. The molecule has 3 aromatic heterocycles. The molecule has 0 saturated heterocycles.